The van der Waals surface area contributed by atoms with Crippen LogP contribution in [0, 0.1) is 0 Å². The zero-order valence-corrected chi connectivity index (χ0v) is 25.1. The molecule has 1 fully saturated rings. The zero-order chi connectivity index (χ0) is 29.4. The van der Waals surface area contributed by atoms with Crippen LogP contribution in [0.1, 0.15) is 30.4 Å². The van der Waals surface area contributed by atoms with Gasteiger partial charge >= 0.3 is 0 Å². The summed E-state index contributed by atoms with van der Waals surface area (Å²) in [6.07, 6.45) is 3.78. The third-order valence-electron chi connectivity index (χ3n) is 7.01. The average Bonchev–Trinajstić information content (AvgIpc) is 2.99. The third kappa shape index (κ3) is 7.63. The number of likely N-dealkylation sites (tertiary alicyclic amines) is 1. The molecule has 41 heavy (non-hydrogen) atoms. The molecule has 4 rings (SSSR count). The summed E-state index contributed by atoms with van der Waals surface area (Å²) in [4.78, 5) is 15.5. The molecule has 9 nitrogen and oxygen atoms in total. The summed E-state index contributed by atoms with van der Waals surface area (Å²) in [7, 11) is 0.0308. The average molecular weight is 602 g/mol. The van der Waals surface area contributed by atoms with Crippen molar-refractivity contribution in [2.75, 3.05) is 45.3 Å². The summed E-state index contributed by atoms with van der Waals surface area (Å²) < 4.78 is 44.8. The van der Waals surface area contributed by atoms with Crippen molar-refractivity contribution in [3.8, 4) is 17.2 Å². The van der Waals surface area contributed by atoms with Crippen LogP contribution in [-0.4, -0.2) is 60.2 Å². The number of methoxy groups -OCH3 is 3. The van der Waals surface area contributed by atoms with E-state index in [9.17, 15) is 13.2 Å². The lowest BCUT2D eigenvalue weighted by Gasteiger charge is -2.26. The minimum absolute atomic E-state index is 0.0886. The molecule has 1 N–H and O–H groups in total. The lowest BCUT2D eigenvalue weighted by Crippen LogP contribution is -2.41. The summed E-state index contributed by atoms with van der Waals surface area (Å²) in [6.45, 7) is 2.91. The van der Waals surface area contributed by atoms with Gasteiger partial charge in [-0.3, -0.25) is 14.0 Å². The number of carbonyl (C=O) groups excluding carboxylic acids is 1. The fourth-order valence-electron chi connectivity index (χ4n) is 4.79. The number of hydrogen-bond acceptors (Lipinski definition) is 7. The van der Waals surface area contributed by atoms with Gasteiger partial charge in [0, 0.05) is 24.2 Å². The second-order valence-electron chi connectivity index (χ2n) is 9.77. The second-order valence-corrected chi connectivity index (χ2v) is 12.1. The molecule has 3 aromatic carbocycles. The Bertz CT molecular complexity index is 1440. The number of piperidine rings is 1. The van der Waals surface area contributed by atoms with Crippen molar-refractivity contribution in [2.45, 2.75) is 37.2 Å². The van der Waals surface area contributed by atoms with Gasteiger partial charge in [0.25, 0.3) is 10.0 Å². The van der Waals surface area contributed by atoms with Gasteiger partial charge < -0.3 is 19.5 Å². The van der Waals surface area contributed by atoms with Gasteiger partial charge in [0.2, 0.25) is 5.91 Å². The zero-order valence-electron chi connectivity index (χ0n) is 23.6. The van der Waals surface area contributed by atoms with E-state index in [-0.39, 0.29) is 28.6 Å². The van der Waals surface area contributed by atoms with Crippen molar-refractivity contribution in [1.29, 1.82) is 0 Å². The number of amides is 1. The van der Waals surface area contributed by atoms with E-state index in [0.717, 1.165) is 29.5 Å². The number of ether oxygens (including phenoxy) is 3. The normalized spacial score (nSPS) is 13.9. The number of nitrogens with one attached hydrogen (secondary N) is 1. The highest BCUT2D eigenvalue weighted by molar-refractivity contribution is 7.92. The highest BCUT2D eigenvalue weighted by Gasteiger charge is 2.30. The Hall–Kier alpha value is -3.47. The maximum Gasteiger partial charge on any atom is 0.265 e. The van der Waals surface area contributed by atoms with E-state index in [1.165, 1.54) is 70.4 Å². The van der Waals surface area contributed by atoms with Crippen LogP contribution < -0.4 is 23.8 Å². The van der Waals surface area contributed by atoms with Crippen LogP contribution in [0.5, 0.6) is 17.2 Å². The summed E-state index contributed by atoms with van der Waals surface area (Å²) >= 11 is 6.24. The van der Waals surface area contributed by atoms with Crippen LogP contribution in [0.25, 0.3) is 0 Å². The summed E-state index contributed by atoms with van der Waals surface area (Å²) in [5, 5.41) is 3.13. The Morgan fingerprint density at radius 3 is 2.15 bits per heavy atom. The van der Waals surface area contributed by atoms with Crippen LogP contribution >= 0.6 is 11.6 Å². The summed E-state index contributed by atoms with van der Waals surface area (Å²) in [6, 6.07) is 16.9. The number of rotatable bonds is 12. The van der Waals surface area contributed by atoms with Crippen molar-refractivity contribution in [1.82, 2.24) is 10.2 Å². The Balaban J connectivity index is 1.53. The predicted molar refractivity (Wildman–Crippen MR) is 159 cm³/mol. The van der Waals surface area contributed by atoms with Crippen LogP contribution in [-0.2, 0) is 27.9 Å². The predicted octanol–water partition coefficient (Wildman–Crippen LogP) is 4.86. The molecule has 1 heterocycles. The van der Waals surface area contributed by atoms with Crippen molar-refractivity contribution in [3.05, 3.63) is 76.8 Å². The summed E-state index contributed by atoms with van der Waals surface area (Å²) in [5.74, 6) is 0.363. The minimum atomic E-state index is -4.27. The van der Waals surface area contributed by atoms with Gasteiger partial charge in [-0.05, 0) is 67.4 Å². The van der Waals surface area contributed by atoms with Crippen molar-refractivity contribution < 1.29 is 27.4 Å². The van der Waals surface area contributed by atoms with Gasteiger partial charge in [-0.25, -0.2) is 8.42 Å². The third-order valence-corrected chi connectivity index (χ3v) is 9.00. The highest BCUT2D eigenvalue weighted by atomic mass is 35.5. The Labute approximate surface area is 247 Å². The maximum absolute atomic E-state index is 13.9. The van der Waals surface area contributed by atoms with E-state index < -0.39 is 22.5 Å². The van der Waals surface area contributed by atoms with Crippen LogP contribution in [0.2, 0.25) is 5.02 Å². The molecular formula is C30H36ClN3O6S. The number of nitrogens with zero attached hydrogens (tertiary/aromatic N) is 2. The number of anilines is 1. The number of benzene rings is 3. The van der Waals surface area contributed by atoms with Crippen LogP contribution in [0.4, 0.5) is 5.69 Å². The number of halogens is 1. The Morgan fingerprint density at radius 1 is 0.854 bits per heavy atom. The van der Waals surface area contributed by atoms with E-state index >= 15 is 0 Å². The molecule has 1 aliphatic rings. The molecule has 0 bridgehead atoms. The molecule has 0 radical (unpaired) electrons. The molecule has 3 aromatic rings. The molecular weight excluding hydrogens is 566 g/mol. The summed E-state index contributed by atoms with van der Waals surface area (Å²) in [5.41, 5.74) is 2.27. The molecule has 0 aromatic heterocycles. The lowest BCUT2D eigenvalue weighted by molar-refractivity contribution is -0.119. The molecule has 11 heteroatoms. The van der Waals surface area contributed by atoms with E-state index in [0.29, 0.717) is 10.8 Å². The van der Waals surface area contributed by atoms with E-state index in [2.05, 4.69) is 22.3 Å². The van der Waals surface area contributed by atoms with E-state index in [4.69, 9.17) is 25.8 Å². The van der Waals surface area contributed by atoms with Gasteiger partial charge in [0.1, 0.15) is 12.3 Å². The molecule has 220 valence electrons. The smallest absolute Gasteiger partial charge is 0.265 e. The standard InChI is InChI=1S/C30H36ClN3O6S/c1-38-27-13-11-24(31)17-26(27)34(41(36,37)25-12-14-28(39-2)29(18-25)40-3)21-30(35)32-19-22-7-9-23(10-8-22)20-33-15-5-4-6-16-33/h7-14,17-18H,4-6,15-16,19-21H2,1-3H3,(H,32,35). The fraction of sp³-hybridized carbons (Fsp3) is 0.367. The first-order valence-corrected chi connectivity index (χ1v) is 15.2. The van der Waals surface area contributed by atoms with E-state index in [1.807, 2.05) is 12.1 Å². The van der Waals surface area contributed by atoms with Crippen molar-refractivity contribution >= 4 is 33.2 Å². The van der Waals surface area contributed by atoms with Crippen molar-refractivity contribution in [3.63, 3.8) is 0 Å². The van der Waals surface area contributed by atoms with Gasteiger partial charge in [-0.2, -0.15) is 0 Å². The quantitative estimate of drug-likeness (QED) is 0.316. The Kier molecular flexibility index (Phi) is 10.4. The molecule has 1 aliphatic heterocycles. The molecule has 0 unspecified atom stereocenters. The molecule has 0 spiro atoms. The highest BCUT2D eigenvalue weighted by Crippen LogP contribution is 2.37. The van der Waals surface area contributed by atoms with Gasteiger partial charge in [-0.1, -0.05) is 42.3 Å². The molecule has 1 saturated heterocycles. The first kappa shape index (κ1) is 30.5. The molecule has 0 aliphatic carbocycles. The molecule has 1 amide bonds. The van der Waals surface area contributed by atoms with Gasteiger partial charge in [0.15, 0.2) is 11.5 Å². The van der Waals surface area contributed by atoms with Gasteiger partial charge in [-0.15, -0.1) is 0 Å². The first-order valence-electron chi connectivity index (χ1n) is 13.4. The molecule has 0 saturated carbocycles. The largest absolute Gasteiger partial charge is 0.495 e. The maximum atomic E-state index is 13.9. The monoisotopic (exact) mass is 601 g/mol. The van der Waals surface area contributed by atoms with Crippen LogP contribution in [0.3, 0.4) is 0 Å². The van der Waals surface area contributed by atoms with Crippen LogP contribution in [0.15, 0.2) is 65.6 Å². The first-order chi connectivity index (χ1) is 19.7. The Morgan fingerprint density at radius 2 is 1.49 bits per heavy atom. The number of sulfonamides is 1. The SMILES string of the molecule is COc1ccc(S(=O)(=O)N(CC(=O)NCc2ccc(CN3CCCCC3)cc2)c2cc(Cl)ccc2OC)cc1OC. The number of carbonyl (C=O) groups is 1. The topological polar surface area (TPSA) is 97.4 Å². The van der Waals surface area contributed by atoms with Crippen molar-refractivity contribution in [2.24, 2.45) is 0 Å². The lowest BCUT2D eigenvalue weighted by atomic mass is 10.1. The second kappa shape index (κ2) is 13.9. The minimum Gasteiger partial charge on any atom is -0.495 e. The van der Waals surface area contributed by atoms with E-state index in [1.54, 1.807) is 12.1 Å². The number of hydrogen-bond donors (Lipinski definition) is 1. The fourth-order valence-corrected chi connectivity index (χ4v) is 6.39. The molecule has 0 atom stereocenters. The van der Waals surface area contributed by atoms with Gasteiger partial charge in [0.05, 0.1) is 31.9 Å².